The van der Waals surface area contributed by atoms with Crippen molar-refractivity contribution in [3.05, 3.63) is 29.3 Å². The zero-order chi connectivity index (χ0) is 9.68. The third-order valence-electron chi connectivity index (χ3n) is 1.88. The van der Waals surface area contributed by atoms with Crippen molar-refractivity contribution in [2.45, 2.75) is 20.3 Å². The molecule has 0 radical (unpaired) electrons. The molecule has 1 aromatic carbocycles. The van der Waals surface area contributed by atoms with Crippen LogP contribution in [0.2, 0.25) is 0 Å². The van der Waals surface area contributed by atoms with Gasteiger partial charge in [0.15, 0.2) is 0 Å². The topological polar surface area (TPSA) is 9.23 Å². The van der Waals surface area contributed by atoms with E-state index in [-0.39, 0.29) is 0 Å². The highest BCUT2D eigenvalue weighted by molar-refractivity contribution is 9.09. The largest absolute Gasteiger partial charge is 0.494 e. The molecule has 0 bridgehead atoms. The first-order valence-corrected chi connectivity index (χ1v) is 5.68. The SMILES string of the molecule is CCOc1ccc(C)cc1CCBr. The zero-order valence-corrected chi connectivity index (χ0v) is 9.73. The standard InChI is InChI=1S/C11H15BrO/c1-3-13-11-5-4-9(2)8-10(11)6-7-12/h4-5,8H,3,6-7H2,1-2H3. The van der Waals surface area contributed by atoms with Crippen molar-refractivity contribution in [3.8, 4) is 5.75 Å². The lowest BCUT2D eigenvalue weighted by molar-refractivity contribution is 0.337. The lowest BCUT2D eigenvalue weighted by atomic mass is 10.1. The molecule has 0 spiro atoms. The molecule has 13 heavy (non-hydrogen) atoms. The number of hydrogen-bond acceptors (Lipinski definition) is 1. The summed E-state index contributed by atoms with van der Waals surface area (Å²) in [6.07, 6.45) is 1.02. The lowest BCUT2D eigenvalue weighted by Crippen LogP contribution is -1.97. The van der Waals surface area contributed by atoms with Crippen molar-refractivity contribution in [2.75, 3.05) is 11.9 Å². The summed E-state index contributed by atoms with van der Waals surface area (Å²) in [4.78, 5) is 0. The second-order valence-corrected chi connectivity index (χ2v) is 3.78. The van der Waals surface area contributed by atoms with Crippen molar-refractivity contribution in [1.29, 1.82) is 0 Å². The molecule has 0 saturated carbocycles. The van der Waals surface area contributed by atoms with Gasteiger partial charge in [-0.15, -0.1) is 0 Å². The third-order valence-corrected chi connectivity index (χ3v) is 2.28. The molecule has 0 unspecified atom stereocenters. The average molecular weight is 243 g/mol. The molecular weight excluding hydrogens is 228 g/mol. The van der Waals surface area contributed by atoms with E-state index in [2.05, 4.69) is 41.1 Å². The molecule has 0 aromatic heterocycles. The highest BCUT2D eigenvalue weighted by atomic mass is 79.9. The maximum atomic E-state index is 5.52. The Labute approximate surface area is 88.2 Å². The summed E-state index contributed by atoms with van der Waals surface area (Å²) in [5.74, 6) is 1.02. The van der Waals surface area contributed by atoms with Crippen molar-refractivity contribution >= 4 is 15.9 Å². The summed E-state index contributed by atoms with van der Waals surface area (Å²) in [5, 5.41) is 0.983. The van der Waals surface area contributed by atoms with Gasteiger partial charge in [0.1, 0.15) is 5.75 Å². The molecule has 0 aliphatic rings. The van der Waals surface area contributed by atoms with Gasteiger partial charge < -0.3 is 4.74 Å². The van der Waals surface area contributed by atoms with Gasteiger partial charge in [0.05, 0.1) is 6.61 Å². The molecule has 1 aromatic rings. The van der Waals surface area contributed by atoms with Crippen LogP contribution in [0.25, 0.3) is 0 Å². The van der Waals surface area contributed by atoms with Gasteiger partial charge in [-0.25, -0.2) is 0 Å². The van der Waals surface area contributed by atoms with Crippen LogP contribution in [-0.4, -0.2) is 11.9 Å². The fraction of sp³-hybridized carbons (Fsp3) is 0.455. The second kappa shape index (κ2) is 5.28. The molecule has 0 saturated heterocycles. The monoisotopic (exact) mass is 242 g/mol. The van der Waals surface area contributed by atoms with Gasteiger partial charge in [-0.05, 0) is 31.9 Å². The molecule has 0 aliphatic heterocycles. The minimum Gasteiger partial charge on any atom is -0.494 e. The predicted molar refractivity (Wildman–Crippen MR) is 59.8 cm³/mol. The number of alkyl halides is 1. The molecular formula is C11H15BrO. The van der Waals surface area contributed by atoms with Crippen LogP contribution in [0.4, 0.5) is 0 Å². The molecule has 2 heteroatoms. The Bertz CT molecular complexity index is 271. The Balaban J connectivity index is 2.89. The van der Waals surface area contributed by atoms with E-state index in [4.69, 9.17) is 4.74 Å². The summed E-state index contributed by atoms with van der Waals surface area (Å²) in [5.41, 5.74) is 2.58. The maximum absolute atomic E-state index is 5.52. The van der Waals surface area contributed by atoms with Crippen LogP contribution < -0.4 is 4.74 Å². The Morgan fingerprint density at radius 2 is 2.15 bits per heavy atom. The van der Waals surface area contributed by atoms with Gasteiger partial charge in [0.25, 0.3) is 0 Å². The number of ether oxygens (including phenoxy) is 1. The average Bonchev–Trinajstić information content (AvgIpc) is 2.10. The normalized spacial score (nSPS) is 10.1. The van der Waals surface area contributed by atoms with E-state index in [1.54, 1.807) is 0 Å². The predicted octanol–water partition coefficient (Wildman–Crippen LogP) is 3.33. The van der Waals surface area contributed by atoms with Gasteiger partial charge in [0, 0.05) is 5.33 Å². The molecule has 0 aliphatic carbocycles. The van der Waals surface area contributed by atoms with Crippen molar-refractivity contribution < 1.29 is 4.74 Å². The van der Waals surface area contributed by atoms with Crippen LogP contribution >= 0.6 is 15.9 Å². The minimum atomic E-state index is 0.734. The Morgan fingerprint density at radius 3 is 2.77 bits per heavy atom. The molecule has 0 fully saturated rings. The first-order valence-electron chi connectivity index (χ1n) is 4.56. The summed E-state index contributed by atoms with van der Waals surface area (Å²) >= 11 is 3.44. The van der Waals surface area contributed by atoms with Crippen molar-refractivity contribution in [2.24, 2.45) is 0 Å². The van der Waals surface area contributed by atoms with E-state index in [1.807, 2.05) is 6.92 Å². The highest BCUT2D eigenvalue weighted by Crippen LogP contribution is 2.21. The van der Waals surface area contributed by atoms with Crippen LogP contribution in [0.3, 0.4) is 0 Å². The van der Waals surface area contributed by atoms with E-state index >= 15 is 0 Å². The number of benzene rings is 1. The van der Waals surface area contributed by atoms with E-state index in [1.165, 1.54) is 11.1 Å². The highest BCUT2D eigenvalue weighted by Gasteiger charge is 2.02. The zero-order valence-electron chi connectivity index (χ0n) is 8.14. The van der Waals surface area contributed by atoms with Gasteiger partial charge in [-0.2, -0.15) is 0 Å². The lowest BCUT2D eigenvalue weighted by Gasteiger charge is -2.09. The van der Waals surface area contributed by atoms with Crippen LogP contribution in [0.5, 0.6) is 5.75 Å². The van der Waals surface area contributed by atoms with Crippen LogP contribution in [0.1, 0.15) is 18.1 Å². The van der Waals surface area contributed by atoms with Gasteiger partial charge in [-0.3, -0.25) is 0 Å². The Morgan fingerprint density at radius 1 is 1.38 bits per heavy atom. The first-order chi connectivity index (χ1) is 6.27. The first kappa shape index (κ1) is 10.6. The van der Waals surface area contributed by atoms with Crippen LogP contribution in [0, 0.1) is 6.92 Å². The van der Waals surface area contributed by atoms with Crippen LogP contribution in [0.15, 0.2) is 18.2 Å². The second-order valence-electron chi connectivity index (χ2n) is 2.98. The smallest absolute Gasteiger partial charge is 0.122 e. The van der Waals surface area contributed by atoms with Gasteiger partial charge >= 0.3 is 0 Å². The Hall–Kier alpha value is -0.500. The molecule has 0 amide bonds. The maximum Gasteiger partial charge on any atom is 0.122 e. The van der Waals surface area contributed by atoms with Crippen molar-refractivity contribution in [3.63, 3.8) is 0 Å². The van der Waals surface area contributed by atoms with E-state index in [0.29, 0.717) is 0 Å². The summed E-state index contributed by atoms with van der Waals surface area (Å²) in [7, 11) is 0. The molecule has 1 rings (SSSR count). The van der Waals surface area contributed by atoms with E-state index in [0.717, 1.165) is 24.1 Å². The van der Waals surface area contributed by atoms with Gasteiger partial charge in [0.2, 0.25) is 0 Å². The third kappa shape index (κ3) is 3.03. The molecule has 0 N–H and O–H groups in total. The number of rotatable bonds is 4. The summed E-state index contributed by atoms with van der Waals surface area (Å²) in [6.45, 7) is 4.85. The molecule has 72 valence electrons. The number of aryl methyl sites for hydroxylation is 2. The summed E-state index contributed by atoms with van der Waals surface area (Å²) < 4.78 is 5.52. The van der Waals surface area contributed by atoms with Gasteiger partial charge in [-0.1, -0.05) is 33.6 Å². The van der Waals surface area contributed by atoms with Crippen molar-refractivity contribution in [1.82, 2.24) is 0 Å². The fourth-order valence-corrected chi connectivity index (χ4v) is 1.73. The van der Waals surface area contributed by atoms with E-state index < -0.39 is 0 Å². The fourth-order valence-electron chi connectivity index (χ4n) is 1.30. The minimum absolute atomic E-state index is 0.734. The molecule has 0 atom stereocenters. The summed E-state index contributed by atoms with van der Waals surface area (Å²) in [6, 6.07) is 6.33. The van der Waals surface area contributed by atoms with Crippen LogP contribution in [-0.2, 0) is 6.42 Å². The molecule has 1 nitrogen and oxygen atoms in total. The Kier molecular flexibility index (Phi) is 4.29. The molecule has 0 heterocycles. The van der Waals surface area contributed by atoms with E-state index in [9.17, 15) is 0 Å². The quantitative estimate of drug-likeness (QED) is 0.737. The number of hydrogen-bond donors (Lipinski definition) is 0. The number of halogens is 1.